The van der Waals surface area contributed by atoms with Crippen molar-refractivity contribution < 1.29 is 0 Å². The third-order valence-electron chi connectivity index (χ3n) is 2.74. The van der Waals surface area contributed by atoms with E-state index in [4.69, 9.17) is 11.6 Å². The number of pyridine rings is 1. The van der Waals surface area contributed by atoms with Gasteiger partial charge in [-0.05, 0) is 36.8 Å². The van der Waals surface area contributed by atoms with Gasteiger partial charge in [0.2, 0.25) is 0 Å². The van der Waals surface area contributed by atoms with E-state index in [1.165, 1.54) is 0 Å². The summed E-state index contributed by atoms with van der Waals surface area (Å²) in [4.78, 5) is 4.26. The fourth-order valence-corrected chi connectivity index (χ4v) is 2.16. The number of H-pyrrole nitrogens is 1. The van der Waals surface area contributed by atoms with E-state index in [2.05, 4.69) is 21.2 Å². The minimum Gasteiger partial charge on any atom is -0.278 e. The van der Waals surface area contributed by atoms with E-state index in [0.717, 1.165) is 27.7 Å². The van der Waals surface area contributed by atoms with Crippen molar-refractivity contribution in [1.29, 1.82) is 0 Å². The van der Waals surface area contributed by atoms with E-state index in [-0.39, 0.29) is 0 Å². The van der Waals surface area contributed by atoms with Gasteiger partial charge in [-0.1, -0.05) is 17.7 Å². The summed E-state index contributed by atoms with van der Waals surface area (Å²) in [7, 11) is 0. The first-order valence-corrected chi connectivity index (χ1v) is 5.68. The Bertz CT molecular complexity index is 688. The number of fused-ring (bicyclic) bond motifs is 1. The zero-order valence-electron chi connectivity index (χ0n) is 9.24. The van der Waals surface area contributed by atoms with Crippen molar-refractivity contribution in [1.82, 2.24) is 15.2 Å². The first kappa shape index (κ1) is 10.3. The van der Waals surface area contributed by atoms with Crippen LogP contribution in [0.1, 0.15) is 5.69 Å². The van der Waals surface area contributed by atoms with Gasteiger partial charge in [-0.15, -0.1) is 0 Å². The summed E-state index contributed by atoms with van der Waals surface area (Å²) in [6, 6.07) is 10.0. The highest BCUT2D eigenvalue weighted by atomic mass is 35.5. The molecule has 2 heterocycles. The molecule has 84 valence electrons. The largest absolute Gasteiger partial charge is 0.278 e. The molecule has 17 heavy (non-hydrogen) atoms. The first-order valence-electron chi connectivity index (χ1n) is 5.31. The van der Waals surface area contributed by atoms with Crippen LogP contribution in [0.15, 0.2) is 36.5 Å². The lowest BCUT2D eigenvalue weighted by atomic mass is 10.1. The van der Waals surface area contributed by atoms with Crippen LogP contribution in [0, 0.1) is 6.92 Å². The van der Waals surface area contributed by atoms with Crippen LogP contribution in [0.2, 0.25) is 5.15 Å². The number of benzene rings is 1. The van der Waals surface area contributed by atoms with Gasteiger partial charge >= 0.3 is 0 Å². The van der Waals surface area contributed by atoms with Crippen LogP contribution in [0.3, 0.4) is 0 Å². The summed E-state index contributed by atoms with van der Waals surface area (Å²) in [5.41, 5.74) is 3.94. The number of halogens is 1. The van der Waals surface area contributed by atoms with E-state index in [9.17, 15) is 0 Å². The van der Waals surface area contributed by atoms with Crippen molar-refractivity contribution in [3.8, 4) is 11.1 Å². The van der Waals surface area contributed by atoms with Crippen molar-refractivity contribution in [2.75, 3.05) is 0 Å². The van der Waals surface area contributed by atoms with Gasteiger partial charge in [0, 0.05) is 16.6 Å². The molecule has 3 nitrogen and oxygen atoms in total. The average molecular weight is 244 g/mol. The van der Waals surface area contributed by atoms with Gasteiger partial charge in [0.1, 0.15) is 5.15 Å². The molecule has 0 unspecified atom stereocenters. The third-order valence-corrected chi connectivity index (χ3v) is 3.03. The molecule has 0 aliphatic rings. The number of nitrogens with one attached hydrogen (secondary N) is 1. The maximum atomic E-state index is 6.15. The molecule has 1 aromatic carbocycles. The predicted octanol–water partition coefficient (Wildman–Crippen LogP) is 3.59. The second-order valence-corrected chi connectivity index (χ2v) is 4.32. The van der Waals surface area contributed by atoms with Crippen molar-refractivity contribution >= 4 is 22.5 Å². The Labute approximate surface area is 103 Å². The molecular weight excluding hydrogens is 234 g/mol. The smallest absolute Gasteiger partial charge is 0.137 e. The Morgan fingerprint density at radius 1 is 1.18 bits per heavy atom. The number of hydrogen-bond acceptors (Lipinski definition) is 2. The average Bonchev–Trinajstić information content (AvgIpc) is 2.75. The Balaban J connectivity index is 2.19. The number of nitrogens with zero attached hydrogens (tertiary/aromatic N) is 2. The van der Waals surface area contributed by atoms with Crippen LogP contribution in [0.4, 0.5) is 0 Å². The zero-order chi connectivity index (χ0) is 11.8. The maximum absolute atomic E-state index is 6.15. The normalized spacial score (nSPS) is 10.9. The number of rotatable bonds is 1. The van der Waals surface area contributed by atoms with E-state index >= 15 is 0 Å². The molecule has 0 spiro atoms. The molecule has 4 heteroatoms. The van der Waals surface area contributed by atoms with Gasteiger partial charge in [-0.25, -0.2) is 4.98 Å². The van der Waals surface area contributed by atoms with Crippen LogP contribution in [0.25, 0.3) is 22.0 Å². The summed E-state index contributed by atoms with van der Waals surface area (Å²) < 4.78 is 0. The van der Waals surface area contributed by atoms with Crippen LogP contribution >= 0.6 is 11.6 Å². The Morgan fingerprint density at radius 2 is 2.06 bits per heavy atom. The van der Waals surface area contributed by atoms with E-state index in [1.807, 2.05) is 31.2 Å². The van der Waals surface area contributed by atoms with Gasteiger partial charge in [0.25, 0.3) is 0 Å². The van der Waals surface area contributed by atoms with Gasteiger partial charge in [0.05, 0.1) is 11.7 Å². The monoisotopic (exact) mass is 243 g/mol. The van der Waals surface area contributed by atoms with Gasteiger partial charge in [-0.2, -0.15) is 5.10 Å². The standard InChI is InChI=1S/C13H10ClN3/c1-8-2-4-11(13(14)16-8)9-3-5-12-10(6-9)7-15-17-12/h2-7H,1H3,(H,15,17). The number of aromatic nitrogens is 3. The fraction of sp³-hybridized carbons (Fsp3) is 0.0769. The van der Waals surface area contributed by atoms with Crippen LogP contribution in [-0.4, -0.2) is 15.2 Å². The Hall–Kier alpha value is -1.87. The highest BCUT2D eigenvalue weighted by Gasteiger charge is 2.06. The lowest BCUT2D eigenvalue weighted by Gasteiger charge is -2.04. The molecule has 0 amide bonds. The quantitative estimate of drug-likeness (QED) is 0.664. The molecule has 2 aromatic heterocycles. The van der Waals surface area contributed by atoms with E-state index in [0.29, 0.717) is 5.15 Å². The highest BCUT2D eigenvalue weighted by Crippen LogP contribution is 2.28. The molecule has 0 atom stereocenters. The lowest BCUT2D eigenvalue weighted by molar-refractivity contribution is 1.12. The third kappa shape index (κ3) is 1.78. The molecule has 0 bridgehead atoms. The number of hydrogen-bond donors (Lipinski definition) is 1. The molecule has 0 aliphatic heterocycles. The number of aryl methyl sites for hydroxylation is 1. The summed E-state index contributed by atoms with van der Waals surface area (Å²) in [6.07, 6.45) is 1.80. The van der Waals surface area contributed by atoms with Crippen molar-refractivity contribution in [2.24, 2.45) is 0 Å². The van der Waals surface area contributed by atoms with Crippen LogP contribution in [-0.2, 0) is 0 Å². The van der Waals surface area contributed by atoms with Crippen molar-refractivity contribution in [3.05, 3.63) is 47.4 Å². The Morgan fingerprint density at radius 3 is 2.88 bits per heavy atom. The van der Waals surface area contributed by atoms with Gasteiger partial charge in [0.15, 0.2) is 0 Å². The molecule has 1 N–H and O–H groups in total. The topological polar surface area (TPSA) is 41.6 Å². The number of aromatic amines is 1. The molecule has 3 aromatic rings. The van der Waals surface area contributed by atoms with Crippen LogP contribution < -0.4 is 0 Å². The Kier molecular flexibility index (Phi) is 2.34. The van der Waals surface area contributed by atoms with E-state index in [1.54, 1.807) is 6.20 Å². The lowest BCUT2D eigenvalue weighted by Crippen LogP contribution is -1.86. The summed E-state index contributed by atoms with van der Waals surface area (Å²) >= 11 is 6.15. The molecule has 0 fully saturated rings. The first-order chi connectivity index (χ1) is 8.24. The highest BCUT2D eigenvalue weighted by molar-refractivity contribution is 6.32. The van der Waals surface area contributed by atoms with Crippen molar-refractivity contribution in [3.63, 3.8) is 0 Å². The molecule has 0 saturated carbocycles. The van der Waals surface area contributed by atoms with Crippen molar-refractivity contribution in [2.45, 2.75) is 6.92 Å². The molecule has 0 saturated heterocycles. The van der Waals surface area contributed by atoms with Gasteiger partial charge in [-0.3, -0.25) is 5.10 Å². The minimum absolute atomic E-state index is 0.535. The summed E-state index contributed by atoms with van der Waals surface area (Å²) in [5.74, 6) is 0. The summed E-state index contributed by atoms with van der Waals surface area (Å²) in [5, 5.41) is 8.53. The second-order valence-electron chi connectivity index (χ2n) is 3.96. The maximum Gasteiger partial charge on any atom is 0.137 e. The minimum atomic E-state index is 0.535. The van der Waals surface area contributed by atoms with Crippen LogP contribution in [0.5, 0.6) is 0 Å². The second kappa shape index (κ2) is 3.86. The molecular formula is C13H10ClN3. The predicted molar refractivity (Wildman–Crippen MR) is 69.1 cm³/mol. The molecule has 0 radical (unpaired) electrons. The fourth-order valence-electron chi connectivity index (χ4n) is 1.85. The molecule has 3 rings (SSSR count). The van der Waals surface area contributed by atoms with Gasteiger partial charge < -0.3 is 0 Å². The zero-order valence-corrected chi connectivity index (χ0v) is 9.99. The SMILES string of the molecule is Cc1ccc(-c2ccc3[nH]ncc3c2)c(Cl)n1. The molecule has 0 aliphatic carbocycles. The van der Waals surface area contributed by atoms with E-state index < -0.39 is 0 Å². The summed E-state index contributed by atoms with van der Waals surface area (Å²) in [6.45, 7) is 1.93.